The molecule has 0 spiro atoms. The molecular formula is C15H14BrNO4. The molecule has 0 saturated heterocycles. The predicted molar refractivity (Wildman–Crippen MR) is 83.0 cm³/mol. The van der Waals surface area contributed by atoms with E-state index in [1.54, 1.807) is 19.1 Å². The van der Waals surface area contributed by atoms with Gasteiger partial charge in [-0.05, 0) is 37.3 Å². The lowest BCUT2D eigenvalue weighted by Gasteiger charge is -2.09. The number of benzene rings is 2. The number of ether oxygens (including phenoxy) is 2. The van der Waals surface area contributed by atoms with E-state index in [0.29, 0.717) is 24.5 Å². The Labute approximate surface area is 130 Å². The Morgan fingerprint density at radius 3 is 2.33 bits per heavy atom. The highest BCUT2D eigenvalue weighted by molar-refractivity contribution is 9.10. The molecule has 0 unspecified atom stereocenters. The molecule has 0 saturated carbocycles. The zero-order valence-electron chi connectivity index (χ0n) is 11.4. The zero-order valence-corrected chi connectivity index (χ0v) is 13.0. The van der Waals surface area contributed by atoms with Crippen molar-refractivity contribution in [1.82, 2.24) is 0 Å². The molecule has 0 aromatic heterocycles. The maximum Gasteiger partial charge on any atom is 0.272 e. The van der Waals surface area contributed by atoms with Crippen LogP contribution in [0.3, 0.4) is 0 Å². The highest BCUT2D eigenvalue weighted by Gasteiger charge is 2.10. The molecule has 0 amide bonds. The summed E-state index contributed by atoms with van der Waals surface area (Å²) < 4.78 is 12.0. The Morgan fingerprint density at radius 2 is 1.76 bits per heavy atom. The molecule has 0 heterocycles. The van der Waals surface area contributed by atoms with Gasteiger partial charge in [-0.15, -0.1) is 0 Å². The van der Waals surface area contributed by atoms with Crippen molar-refractivity contribution in [2.24, 2.45) is 0 Å². The van der Waals surface area contributed by atoms with Crippen LogP contribution in [0.1, 0.15) is 5.56 Å². The molecule has 0 radical (unpaired) electrons. The van der Waals surface area contributed by atoms with Crippen LogP contribution in [0.25, 0.3) is 0 Å². The van der Waals surface area contributed by atoms with E-state index in [2.05, 4.69) is 15.9 Å². The molecular weight excluding hydrogens is 338 g/mol. The first-order chi connectivity index (χ1) is 10.1. The summed E-state index contributed by atoms with van der Waals surface area (Å²) in [5.74, 6) is 1.35. The van der Waals surface area contributed by atoms with Crippen molar-refractivity contribution >= 4 is 21.6 Å². The van der Waals surface area contributed by atoms with Crippen molar-refractivity contribution in [2.45, 2.75) is 6.92 Å². The smallest absolute Gasteiger partial charge is 0.272 e. The summed E-state index contributed by atoms with van der Waals surface area (Å²) in [6.07, 6.45) is 0. The lowest BCUT2D eigenvalue weighted by Crippen LogP contribution is -2.09. The number of nitro groups is 1. The number of hydrogen-bond donors (Lipinski definition) is 0. The molecule has 0 aliphatic heterocycles. The molecule has 0 aliphatic carbocycles. The summed E-state index contributed by atoms with van der Waals surface area (Å²) in [5, 5.41) is 10.7. The van der Waals surface area contributed by atoms with Crippen LogP contribution in [0.15, 0.2) is 46.9 Å². The van der Waals surface area contributed by atoms with Crippen LogP contribution in [-0.4, -0.2) is 18.1 Å². The van der Waals surface area contributed by atoms with Crippen molar-refractivity contribution in [3.8, 4) is 11.5 Å². The van der Waals surface area contributed by atoms with Crippen molar-refractivity contribution in [2.75, 3.05) is 13.2 Å². The fourth-order valence-corrected chi connectivity index (χ4v) is 2.18. The summed E-state index contributed by atoms with van der Waals surface area (Å²) in [7, 11) is 0. The third kappa shape index (κ3) is 4.46. The summed E-state index contributed by atoms with van der Waals surface area (Å²) in [6.45, 7) is 2.44. The number of hydrogen-bond acceptors (Lipinski definition) is 4. The van der Waals surface area contributed by atoms with Gasteiger partial charge < -0.3 is 9.47 Å². The van der Waals surface area contributed by atoms with Gasteiger partial charge in [-0.1, -0.05) is 22.0 Å². The monoisotopic (exact) mass is 351 g/mol. The number of rotatable bonds is 6. The number of nitrogens with zero attached hydrogens (tertiary/aromatic N) is 1. The number of halogens is 1. The maximum absolute atomic E-state index is 10.7. The first-order valence-corrected chi connectivity index (χ1v) is 7.12. The van der Waals surface area contributed by atoms with Crippen LogP contribution in [0.2, 0.25) is 0 Å². The van der Waals surface area contributed by atoms with E-state index in [1.807, 2.05) is 24.3 Å². The molecule has 0 atom stereocenters. The molecule has 6 heteroatoms. The van der Waals surface area contributed by atoms with Crippen LogP contribution in [0, 0.1) is 17.0 Å². The van der Waals surface area contributed by atoms with Gasteiger partial charge in [0, 0.05) is 16.1 Å². The minimum atomic E-state index is -0.407. The molecule has 0 aliphatic rings. The van der Waals surface area contributed by atoms with Crippen LogP contribution in [0.5, 0.6) is 11.5 Å². The summed E-state index contributed by atoms with van der Waals surface area (Å²) >= 11 is 3.37. The van der Waals surface area contributed by atoms with Gasteiger partial charge in [-0.25, -0.2) is 0 Å². The SMILES string of the molecule is Cc1cc(OCCOc2cccc(Br)c2)ccc1[N+](=O)[O-]. The van der Waals surface area contributed by atoms with Crippen molar-refractivity contribution in [1.29, 1.82) is 0 Å². The second kappa shape index (κ2) is 7.08. The summed E-state index contributed by atoms with van der Waals surface area (Å²) in [4.78, 5) is 10.3. The van der Waals surface area contributed by atoms with Crippen LogP contribution < -0.4 is 9.47 Å². The van der Waals surface area contributed by atoms with Gasteiger partial charge in [0.05, 0.1) is 4.92 Å². The van der Waals surface area contributed by atoms with Crippen LogP contribution in [0.4, 0.5) is 5.69 Å². The Kier molecular flexibility index (Phi) is 5.16. The molecule has 110 valence electrons. The highest BCUT2D eigenvalue weighted by atomic mass is 79.9. The van der Waals surface area contributed by atoms with E-state index in [-0.39, 0.29) is 5.69 Å². The van der Waals surface area contributed by atoms with Gasteiger partial charge in [0.25, 0.3) is 5.69 Å². The Balaban J connectivity index is 1.84. The minimum absolute atomic E-state index is 0.0905. The average Bonchev–Trinajstić information content (AvgIpc) is 2.43. The molecule has 0 N–H and O–H groups in total. The second-order valence-corrected chi connectivity index (χ2v) is 5.28. The molecule has 21 heavy (non-hydrogen) atoms. The quantitative estimate of drug-likeness (QED) is 0.446. The third-order valence-corrected chi connectivity index (χ3v) is 3.28. The van der Waals surface area contributed by atoms with E-state index in [0.717, 1.165) is 10.2 Å². The Bertz CT molecular complexity index is 645. The van der Waals surface area contributed by atoms with Crippen LogP contribution >= 0.6 is 15.9 Å². The second-order valence-electron chi connectivity index (χ2n) is 4.36. The topological polar surface area (TPSA) is 61.6 Å². The largest absolute Gasteiger partial charge is 0.490 e. The van der Waals surface area contributed by atoms with Gasteiger partial charge in [0.1, 0.15) is 24.7 Å². The van der Waals surface area contributed by atoms with Gasteiger partial charge in [0.15, 0.2) is 0 Å². The van der Waals surface area contributed by atoms with E-state index < -0.39 is 4.92 Å². The third-order valence-electron chi connectivity index (χ3n) is 2.78. The molecule has 0 bridgehead atoms. The first-order valence-electron chi connectivity index (χ1n) is 6.32. The van der Waals surface area contributed by atoms with E-state index in [9.17, 15) is 10.1 Å². The molecule has 2 aromatic rings. The van der Waals surface area contributed by atoms with Crippen molar-refractivity contribution < 1.29 is 14.4 Å². The molecule has 0 fully saturated rings. The van der Waals surface area contributed by atoms with Crippen molar-refractivity contribution in [3.63, 3.8) is 0 Å². The fourth-order valence-electron chi connectivity index (χ4n) is 1.80. The molecule has 2 rings (SSSR count). The maximum atomic E-state index is 10.7. The molecule has 2 aromatic carbocycles. The van der Waals surface area contributed by atoms with E-state index >= 15 is 0 Å². The lowest BCUT2D eigenvalue weighted by molar-refractivity contribution is -0.385. The number of nitro benzene ring substituents is 1. The van der Waals surface area contributed by atoms with Gasteiger partial charge >= 0.3 is 0 Å². The summed E-state index contributed by atoms with van der Waals surface area (Å²) in [6, 6.07) is 12.2. The van der Waals surface area contributed by atoms with Gasteiger partial charge in [0.2, 0.25) is 0 Å². The minimum Gasteiger partial charge on any atom is -0.490 e. The first kappa shape index (κ1) is 15.3. The Morgan fingerprint density at radius 1 is 1.10 bits per heavy atom. The highest BCUT2D eigenvalue weighted by Crippen LogP contribution is 2.23. The number of aryl methyl sites for hydroxylation is 1. The van der Waals surface area contributed by atoms with Gasteiger partial charge in [-0.2, -0.15) is 0 Å². The van der Waals surface area contributed by atoms with Gasteiger partial charge in [-0.3, -0.25) is 10.1 Å². The predicted octanol–water partition coefficient (Wildman–Crippen LogP) is 4.12. The zero-order chi connectivity index (χ0) is 15.2. The Hall–Kier alpha value is -2.08. The lowest BCUT2D eigenvalue weighted by atomic mass is 10.2. The standard InChI is InChI=1S/C15H14BrNO4/c1-11-9-14(5-6-15(11)17(18)19)21-8-7-20-13-4-2-3-12(16)10-13/h2-6,9-10H,7-8H2,1H3. The normalized spacial score (nSPS) is 10.2. The average molecular weight is 352 g/mol. The van der Waals surface area contributed by atoms with E-state index in [1.165, 1.54) is 6.07 Å². The molecule has 5 nitrogen and oxygen atoms in total. The van der Waals surface area contributed by atoms with E-state index in [4.69, 9.17) is 9.47 Å². The van der Waals surface area contributed by atoms with Crippen molar-refractivity contribution in [3.05, 3.63) is 62.6 Å². The fraction of sp³-hybridized carbons (Fsp3) is 0.200. The summed E-state index contributed by atoms with van der Waals surface area (Å²) in [5.41, 5.74) is 0.665. The van der Waals surface area contributed by atoms with Crippen LogP contribution in [-0.2, 0) is 0 Å².